The van der Waals surface area contributed by atoms with Crippen molar-refractivity contribution >= 4 is 0 Å². The van der Waals surface area contributed by atoms with Gasteiger partial charge in [-0.05, 0) is 65.6 Å². The van der Waals surface area contributed by atoms with Crippen molar-refractivity contribution in [1.82, 2.24) is 15.1 Å². The summed E-state index contributed by atoms with van der Waals surface area (Å²) in [4.78, 5) is 5.51. The first-order chi connectivity index (χ1) is 9.69. The third kappa shape index (κ3) is 2.90. The van der Waals surface area contributed by atoms with E-state index in [1.54, 1.807) is 0 Å². The van der Waals surface area contributed by atoms with Gasteiger partial charge in [0.2, 0.25) is 0 Å². The van der Waals surface area contributed by atoms with E-state index in [0.29, 0.717) is 0 Å². The molecular weight excluding hydrogens is 246 g/mol. The molecule has 3 saturated heterocycles. The lowest BCUT2D eigenvalue weighted by Crippen LogP contribution is -2.61. The molecule has 3 nitrogen and oxygen atoms in total. The van der Waals surface area contributed by atoms with E-state index in [4.69, 9.17) is 0 Å². The molecule has 0 amide bonds. The number of hydrogen-bond donors (Lipinski definition) is 1. The first-order valence-electron chi connectivity index (χ1n) is 8.90. The Balaban J connectivity index is 1.67. The molecule has 3 fully saturated rings. The molecule has 3 aliphatic rings. The van der Waals surface area contributed by atoms with Gasteiger partial charge in [0, 0.05) is 30.2 Å². The van der Waals surface area contributed by atoms with Gasteiger partial charge >= 0.3 is 0 Å². The summed E-state index contributed by atoms with van der Waals surface area (Å²) in [5.74, 6) is 0. The standard InChI is InChI=1S/C17H33N3/c1-4-18-14-11-15-6-5-7-16(12-14)20(15)17-8-9-19(3)13(2)10-17/h13-18H,4-12H2,1-3H3. The van der Waals surface area contributed by atoms with Crippen LogP contribution in [0.25, 0.3) is 0 Å². The Hall–Kier alpha value is -0.120. The van der Waals surface area contributed by atoms with Crippen LogP contribution in [0.1, 0.15) is 58.8 Å². The lowest BCUT2D eigenvalue weighted by atomic mass is 9.79. The molecule has 3 aliphatic heterocycles. The second-order valence-corrected chi connectivity index (χ2v) is 7.42. The van der Waals surface area contributed by atoms with E-state index < -0.39 is 0 Å². The smallest absolute Gasteiger partial charge is 0.0128 e. The normalized spacial score (nSPS) is 43.6. The summed E-state index contributed by atoms with van der Waals surface area (Å²) in [7, 11) is 2.29. The highest BCUT2D eigenvalue weighted by molar-refractivity contribution is 4.99. The molecule has 3 heteroatoms. The van der Waals surface area contributed by atoms with E-state index in [0.717, 1.165) is 36.8 Å². The molecule has 3 rings (SSSR count). The Kier molecular flexibility index (Phi) is 4.68. The SMILES string of the molecule is CCNC1CC2CCCC(C1)N2C1CCN(C)C(C)C1. The highest BCUT2D eigenvalue weighted by Crippen LogP contribution is 2.38. The van der Waals surface area contributed by atoms with Crippen molar-refractivity contribution in [2.45, 2.75) is 89.0 Å². The highest BCUT2D eigenvalue weighted by Gasteiger charge is 2.42. The molecule has 0 aromatic heterocycles. The van der Waals surface area contributed by atoms with Gasteiger partial charge in [-0.2, -0.15) is 0 Å². The van der Waals surface area contributed by atoms with Crippen LogP contribution in [0.15, 0.2) is 0 Å². The maximum Gasteiger partial charge on any atom is 0.0128 e. The van der Waals surface area contributed by atoms with E-state index in [1.165, 1.54) is 51.5 Å². The predicted octanol–water partition coefficient (Wildman–Crippen LogP) is 2.46. The summed E-state index contributed by atoms with van der Waals surface area (Å²) >= 11 is 0. The van der Waals surface area contributed by atoms with Gasteiger partial charge in [0.25, 0.3) is 0 Å². The van der Waals surface area contributed by atoms with Gasteiger partial charge in [0.05, 0.1) is 0 Å². The van der Waals surface area contributed by atoms with Gasteiger partial charge in [0.15, 0.2) is 0 Å². The van der Waals surface area contributed by atoms with Crippen LogP contribution in [0.2, 0.25) is 0 Å². The van der Waals surface area contributed by atoms with Crippen LogP contribution in [-0.2, 0) is 0 Å². The highest BCUT2D eigenvalue weighted by atomic mass is 15.3. The molecule has 4 unspecified atom stereocenters. The number of rotatable bonds is 3. The minimum absolute atomic E-state index is 0.765. The van der Waals surface area contributed by atoms with Crippen molar-refractivity contribution in [1.29, 1.82) is 0 Å². The third-order valence-corrected chi connectivity index (χ3v) is 6.13. The largest absolute Gasteiger partial charge is 0.314 e. The molecule has 4 atom stereocenters. The van der Waals surface area contributed by atoms with Crippen LogP contribution < -0.4 is 5.32 Å². The molecule has 20 heavy (non-hydrogen) atoms. The summed E-state index contributed by atoms with van der Waals surface area (Å²) in [6.45, 7) is 7.09. The number of nitrogens with zero attached hydrogens (tertiary/aromatic N) is 2. The number of fused-ring (bicyclic) bond motifs is 2. The lowest BCUT2D eigenvalue weighted by Gasteiger charge is -2.54. The molecule has 2 bridgehead atoms. The van der Waals surface area contributed by atoms with E-state index in [1.807, 2.05) is 0 Å². The Labute approximate surface area is 125 Å². The summed E-state index contributed by atoms with van der Waals surface area (Å²) in [5.41, 5.74) is 0. The predicted molar refractivity (Wildman–Crippen MR) is 85.1 cm³/mol. The van der Waals surface area contributed by atoms with Crippen molar-refractivity contribution in [3.63, 3.8) is 0 Å². The minimum atomic E-state index is 0.765. The van der Waals surface area contributed by atoms with E-state index in [9.17, 15) is 0 Å². The first-order valence-corrected chi connectivity index (χ1v) is 8.90. The summed E-state index contributed by atoms with van der Waals surface area (Å²) in [6.07, 6.45) is 9.91. The van der Waals surface area contributed by atoms with Gasteiger partial charge in [-0.25, -0.2) is 0 Å². The summed E-state index contributed by atoms with van der Waals surface area (Å²) in [6, 6.07) is 4.15. The lowest BCUT2D eigenvalue weighted by molar-refractivity contribution is -0.0366. The summed E-state index contributed by atoms with van der Waals surface area (Å²) in [5, 5.41) is 3.72. The van der Waals surface area contributed by atoms with Crippen molar-refractivity contribution in [3.05, 3.63) is 0 Å². The monoisotopic (exact) mass is 279 g/mol. The summed E-state index contributed by atoms with van der Waals surface area (Å²) < 4.78 is 0. The van der Waals surface area contributed by atoms with Crippen molar-refractivity contribution in [2.75, 3.05) is 20.1 Å². The number of piperidine rings is 3. The molecule has 3 heterocycles. The van der Waals surface area contributed by atoms with Crippen molar-refractivity contribution < 1.29 is 0 Å². The Morgan fingerprint density at radius 3 is 2.25 bits per heavy atom. The van der Waals surface area contributed by atoms with Crippen LogP contribution in [-0.4, -0.2) is 60.1 Å². The maximum atomic E-state index is 3.72. The Bertz CT molecular complexity index is 305. The number of likely N-dealkylation sites (tertiary alicyclic amines) is 1. The van der Waals surface area contributed by atoms with E-state index in [-0.39, 0.29) is 0 Å². The molecular formula is C17H33N3. The second kappa shape index (κ2) is 6.33. The molecule has 116 valence electrons. The van der Waals surface area contributed by atoms with Gasteiger partial charge in [0.1, 0.15) is 0 Å². The zero-order valence-corrected chi connectivity index (χ0v) is 13.6. The molecule has 0 aromatic carbocycles. The molecule has 0 spiro atoms. The topological polar surface area (TPSA) is 18.5 Å². The second-order valence-electron chi connectivity index (χ2n) is 7.42. The Morgan fingerprint density at radius 1 is 1.00 bits per heavy atom. The van der Waals surface area contributed by atoms with E-state index in [2.05, 4.69) is 36.0 Å². The number of hydrogen-bond acceptors (Lipinski definition) is 3. The first kappa shape index (κ1) is 14.8. The molecule has 0 aliphatic carbocycles. The third-order valence-electron chi connectivity index (χ3n) is 6.13. The minimum Gasteiger partial charge on any atom is -0.314 e. The quantitative estimate of drug-likeness (QED) is 0.856. The zero-order chi connectivity index (χ0) is 14.1. The maximum absolute atomic E-state index is 3.72. The van der Waals surface area contributed by atoms with Gasteiger partial charge in [-0.15, -0.1) is 0 Å². The molecule has 0 aromatic rings. The fraction of sp³-hybridized carbons (Fsp3) is 1.00. The average Bonchev–Trinajstić information content (AvgIpc) is 2.41. The van der Waals surface area contributed by atoms with Crippen LogP contribution >= 0.6 is 0 Å². The van der Waals surface area contributed by atoms with Gasteiger partial charge in [-0.3, -0.25) is 4.90 Å². The van der Waals surface area contributed by atoms with Crippen LogP contribution in [0.5, 0.6) is 0 Å². The van der Waals surface area contributed by atoms with Crippen LogP contribution in [0, 0.1) is 0 Å². The van der Waals surface area contributed by atoms with Gasteiger partial charge < -0.3 is 10.2 Å². The van der Waals surface area contributed by atoms with Crippen LogP contribution in [0.3, 0.4) is 0 Å². The fourth-order valence-corrected chi connectivity index (χ4v) is 5.00. The molecule has 1 N–H and O–H groups in total. The van der Waals surface area contributed by atoms with Crippen molar-refractivity contribution in [3.8, 4) is 0 Å². The van der Waals surface area contributed by atoms with E-state index >= 15 is 0 Å². The fourth-order valence-electron chi connectivity index (χ4n) is 5.00. The molecule has 0 radical (unpaired) electrons. The van der Waals surface area contributed by atoms with Gasteiger partial charge in [-0.1, -0.05) is 13.3 Å². The Morgan fingerprint density at radius 2 is 1.65 bits per heavy atom. The average molecular weight is 279 g/mol. The zero-order valence-electron chi connectivity index (χ0n) is 13.6. The molecule has 0 saturated carbocycles. The number of nitrogens with one attached hydrogen (secondary N) is 1. The van der Waals surface area contributed by atoms with Crippen molar-refractivity contribution in [2.24, 2.45) is 0 Å². The van der Waals surface area contributed by atoms with Crippen LogP contribution in [0.4, 0.5) is 0 Å².